The maximum atomic E-state index is 13.1. The lowest BCUT2D eigenvalue weighted by atomic mass is 10.1. The predicted molar refractivity (Wildman–Crippen MR) is 71.5 cm³/mol. The summed E-state index contributed by atoms with van der Waals surface area (Å²) >= 11 is 0. The van der Waals surface area contributed by atoms with Crippen LogP contribution in [0.1, 0.15) is 11.1 Å². The summed E-state index contributed by atoms with van der Waals surface area (Å²) in [6, 6.07) is 6.00. The molecule has 110 valence electrons. The maximum Gasteiger partial charge on any atom is 0.269 e. The van der Waals surface area contributed by atoms with Crippen LogP contribution in [-0.4, -0.2) is 4.92 Å². The van der Waals surface area contributed by atoms with Gasteiger partial charge in [0.15, 0.2) is 17.5 Å². The summed E-state index contributed by atoms with van der Waals surface area (Å²) in [4.78, 5) is 10.1. The Morgan fingerprint density at radius 2 is 1.76 bits per heavy atom. The van der Waals surface area contributed by atoms with E-state index in [0.29, 0.717) is 11.3 Å². The van der Waals surface area contributed by atoms with Gasteiger partial charge < -0.3 is 5.32 Å². The smallest absolute Gasteiger partial charge is 0.269 e. The maximum absolute atomic E-state index is 13.1. The topological polar surface area (TPSA) is 55.2 Å². The first-order valence-corrected chi connectivity index (χ1v) is 6.01. The second kappa shape index (κ2) is 5.82. The third-order valence-electron chi connectivity index (χ3n) is 2.95. The van der Waals surface area contributed by atoms with Crippen molar-refractivity contribution in [3.63, 3.8) is 0 Å². The van der Waals surface area contributed by atoms with Gasteiger partial charge in [0.25, 0.3) is 5.69 Å². The van der Waals surface area contributed by atoms with Gasteiger partial charge in [-0.1, -0.05) is 0 Å². The van der Waals surface area contributed by atoms with Crippen LogP contribution in [0.5, 0.6) is 0 Å². The van der Waals surface area contributed by atoms with Gasteiger partial charge in [-0.05, 0) is 36.2 Å². The Morgan fingerprint density at radius 3 is 2.29 bits per heavy atom. The van der Waals surface area contributed by atoms with Gasteiger partial charge in [0.05, 0.1) is 4.92 Å². The minimum Gasteiger partial charge on any atom is -0.381 e. The number of aryl methyl sites for hydroxylation is 1. The van der Waals surface area contributed by atoms with Crippen LogP contribution in [0, 0.1) is 34.5 Å². The van der Waals surface area contributed by atoms with Gasteiger partial charge in [-0.3, -0.25) is 10.1 Å². The average molecular weight is 296 g/mol. The van der Waals surface area contributed by atoms with Crippen LogP contribution >= 0.6 is 0 Å². The third kappa shape index (κ3) is 3.31. The van der Waals surface area contributed by atoms with E-state index >= 15 is 0 Å². The van der Waals surface area contributed by atoms with Crippen LogP contribution in [-0.2, 0) is 6.54 Å². The van der Waals surface area contributed by atoms with Crippen LogP contribution in [0.4, 0.5) is 24.5 Å². The third-order valence-corrected chi connectivity index (χ3v) is 2.95. The summed E-state index contributed by atoms with van der Waals surface area (Å²) < 4.78 is 39.0. The van der Waals surface area contributed by atoms with Crippen LogP contribution in [0.25, 0.3) is 0 Å². The zero-order valence-corrected chi connectivity index (χ0v) is 11.0. The van der Waals surface area contributed by atoms with E-state index in [4.69, 9.17) is 0 Å². The first-order valence-electron chi connectivity index (χ1n) is 6.01. The van der Waals surface area contributed by atoms with E-state index in [9.17, 15) is 23.3 Å². The first-order chi connectivity index (χ1) is 9.88. The highest BCUT2D eigenvalue weighted by Gasteiger charge is 2.11. The Morgan fingerprint density at radius 1 is 1.14 bits per heavy atom. The number of non-ortho nitro benzene ring substituents is 1. The van der Waals surface area contributed by atoms with Crippen molar-refractivity contribution in [2.24, 2.45) is 0 Å². The molecule has 0 heterocycles. The highest BCUT2D eigenvalue weighted by atomic mass is 19.2. The SMILES string of the molecule is Cc1cc([N+](=O)[O-])ccc1NCc1cc(F)c(F)c(F)c1. The fourth-order valence-corrected chi connectivity index (χ4v) is 1.87. The van der Waals surface area contributed by atoms with Gasteiger partial charge in [0.2, 0.25) is 0 Å². The Labute approximate surface area is 118 Å². The minimum atomic E-state index is -1.51. The zero-order valence-electron chi connectivity index (χ0n) is 11.0. The van der Waals surface area contributed by atoms with Crippen LogP contribution in [0.3, 0.4) is 0 Å². The Bertz CT molecular complexity index is 682. The van der Waals surface area contributed by atoms with E-state index in [1.807, 2.05) is 0 Å². The van der Waals surface area contributed by atoms with Crippen molar-refractivity contribution in [2.45, 2.75) is 13.5 Å². The molecule has 0 radical (unpaired) electrons. The van der Waals surface area contributed by atoms with Gasteiger partial charge in [0, 0.05) is 24.4 Å². The molecular formula is C14H11F3N2O2. The van der Waals surface area contributed by atoms with Gasteiger partial charge in [-0.2, -0.15) is 0 Å². The van der Waals surface area contributed by atoms with E-state index in [1.54, 1.807) is 6.92 Å². The molecule has 0 aliphatic carbocycles. The molecule has 2 rings (SSSR count). The van der Waals surface area contributed by atoms with E-state index in [0.717, 1.165) is 12.1 Å². The molecule has 0 unspecified atom stereocenters. The summed E-state index contributed by atoms with van der Waals surface area (Å²) in [6.45, 7) is 1.73. The standard InChI is InChI=1S/C14H11F3N2O2/c1-8-4-10(19(20)21)2-3-13(8)18-7-9-5-11(15)14(17)12(16)6-9/h2-6,18H,7H2,1H3. The molecule has 0 aliphatic rings. The summed E-state index contributed by atoms with van der Waals surface area (Å²) in [5, 5.41) is 13.5. The monoisotopic (exact) mass is 296 g/mol. The fourth-order valence-electron chi connectivity index (χ4n) is 1.87. The molecule has 21 heavy (non-hydrogen) atoms. The molecule has 2 aromatic rings. The molecule has 0 aliphatic heterocycles. The first kappa shape index (κ1) is 14.8. The van der Waals surface area contributed by atoms with E-state index < -0.39 is 22.4 Å². The molecule has 4 nitrogen and oxygen atoms in total. The summed E-state index contributed by atoms with van der Waals surface area (Å²) in [5.41, 5.74) is 1.39. The molecule has 2 aromatic carbocycles. The lowest BCUT2D eigenvalue weighted by Gasteiger charge is -2.10. The second-order valence-electron chi connectivity index (χ2n) is 4.48. The molecular weight excluding hydrogens is 285 g/mol. The number of nitrogens with one attached hydrogen (secondary N) is 1. The number of nitro groups is 1. The predicted octanol–water partition coefficient (Wildman–Crippen LogP) is 3.93. The van der Waals surface area contributed by atoms with E-state index in [2.05, 4.69) is 5.32 Å². The van der Waals surface area contributed by atoms with Crippen molar-refractivity contribution in [2.75, 3.05) is 5.32 Å². The molecule has 0 fully saturated rings. The number of benzene rings is 2. The second-order valence-corrected chi connectivity index (χ2v) is 4.48. The lowest BCUT2D eigenvalue weighted by molar-refractivity contribution is -0.384. The van der Waals surface area contributed by atoms with Crippen LogP contribution < -0.4 is 5.32 Å². The number of rotatable bonds is 4. The fraction of sp³-hybridized carbons (Fsp3) is 0.143. The number of anilines is 1. The van der Waals surface area contributed by atoms with Crippen molar-refractivity contribution in [3.05, 3.63) is 69.0 Å². The zero-order chi connectivity index (χ0) is 15.6. The Hall–Kier alpha value is -2.57. The Kier molecular flexibility index (Phi) is 4.11. The largest absolute Gasteiger partial charge is 0.381 e. The number of hydrogen-bond donors (Lipinski definition) is 1. The molecule has 0 saturated carbocycles. The number of halogens is 3. The quantitative estimate of drug-likeness (QED) is 0.528. The van der Waals surface area contributed by atoms with E-state index in [-0.39, 0.29) is 17.8 Å². The van der Waals surface area contributed by atoms with Gasteiger partial charge in [-0.25, -0.2) is 13.2 Å². The lowest BCUT2D eigenvalue weighted by Crippen LogP contribution is -2.04. The molecule has 0 amide bonds. The summed E-state index contributed by atoms with van der Waals surface area (Å²) in [7, 11) is 0. The molecule has 0 spiro atoms. The van der Waals surface area contributed by atoms with Gasteiger partial charge in [0.1, 0.15) is 0 Å². The van der Waals surface area contributed by atoms with Crippen LogP contribution in [0.2, 0.25) is 0 Å². The highest BCUT2D eigenvalue weighted by Crippen LogP contribution is 2.22. The number of hydrogen-bond acceptors (Lipinski definition) is 3. The van der Waals surface area contributed by atoms with Gasteiger partial charge >= 0.3 is 0 Å². The molecule has 0 saturated heterocycles. The summed E-state index contributed by atoms with van der Waals surface area (Å²) in [5.74, 6) is -4.02. The molecule has 0 bridgehead atoms. The van der Waals surface area contributed by atoms with Gasteiger partial charge in [-0.15, -0.1) is 0 Å². The van der Waals surface area contributed by atoms with Crippen molar-refractivity contribution in [3.8, 4) is 0 Å². The Balaban J connectivity index is 2.15. The molecule has 0 aromatic heterocycles. The average Bonchev–Trinajstić information content (AvgIpc) is 2.43. The molecule has 7 heteroatoms. The molecule has 1 N–H and O–H groups in total. The number of nitro benzene ring substituents is 1. The van der Waals surface area contributed by atoms with Crippen molar-refractivity contribution >= 4 is 11.4 Å². The molecule has 0 atom stereocenters. The van der Waals surface area contributed by atoms with Crippen molar-refractivity contribution in [1.29, 1.82) is 0 Å². The van der Waals surface area contributed by atoms with Crippen molar-refractivity contribution < 1.29 is 18.1 Å². The van der Waals surface area contributed by atoms with Crippen molar-refractivity contribution in [1.82, 2.24) is 0 Å². The van der Waals surface area contributed by atoms with Crippen LogP contribution in [0.15, 0.2) is 30.3 Å². The minimum absolute atomic E-state index is 0.0445. The normalized spacial score (nSPS) is 10.5. The van der Waals surface area contributed by atoms with E-state index in [1.165, 1.54) is 18.2 Å². The number of nitrogens with zero attached hydrogens (tertiary/aromatic N) is 1. The summed E-state index contributed by atoms with van der Waals surface area (Å²) in [6.07, 6.45) is 0. The highest BCUT2D eigenvalue weighted by molar-refractivity contribution is 5.55.